The lowest BCUT2D eigenvalue weighted by Gasteiger charge is -2.16. The van der Waals surface area contributed by atoms with Crippen LogP contribution in [0.2, 0.25) is 10.0 Å². The molecule has 0 bridgehead atoms. The first-order valence-electron chi connectivity index (χ1n) is 9.81. The maximum atomic E-state index is 12.6. The first-order valence-corrected chi connectivity index (χ1v) is 10.6. The minimum Gasteiger partial charge on any atom is -0.455 e. The molecular weight excluding hydrogens is 453 g/mol. The number of nitrogens with zero attached hydrogens (tertiary/aromatic N) is 1. The van der Waals surface area contributed by atoms with Crippen molar-refractivity contribution in [3.8, 4) is 11.3 Å². The molecule has 0 saturated carbocycles. The van der Waals surface area contributed by atoms with Crippen molar-refractivity contribution >= 4 is 41.4 Å². The largest absolute Gasteiger partial charge is 0.455 e. The highest BCUT2D eigenvalue weighted by molar-refractivity contribution is 6.36. The molecular formula is C23H21Cl2N3O4. The van der Waals surface area contributed by atoms with Crippen LogP contribution in [0.1, 0.15) is 18.2 Å². The van der Waals surface area contributed by atoms with Crippen molar-refractivity contribution in [2.45, 2.75) is 19.4 Å². The van der Waals surface area contributed by atoms with Crippen LogP contribution in [-0.4, -0.2) is 30.9 Å². The number of alkyl carbamates (subject to hydrolysis) is 1. The van der Waals surface area contributed by atoms with Crippen molar-refractivity contribution < 1.29 is 18.7 Å². The molecule has 2 amide bonds. The first kappa shape index (κ1) is 23.4. The van der Waals surface area contributed by atoms with Gasteiger partial charge in [0.25, 0.3) is 5.91 Å². The van der Waals surface area contributed by atoms with E-state index in [2.05, 4.69) is 15.8 Å². The fourth-order valence-electron chi connectivity index (χ4n) is 2.87. The normalized spacial score (nSPS) is 11.8. The monoisotopic (exact) mass is 473 g/mol. The number of rotatable bonds is 8. The molecule has 1 aromatic heterocycles. The van der Waals surface area contributed by atoms with Crippen molar-refractivity contribution in [2.75, 3.05) is 6.61 Å². The Hall–Kier alpha value is -3.29. The molecule has 9 heteroatoms. The Balaban J connectivity index is 1.65. The number of nitrogens with one attached hydrogen (secondary N) is 2. The molecule has 3 aromatic rings. The van der Waals surface area contributed by atoms with Crippen LogP contribution in [0.4, 0.5) is 4.79 Å². The third-order valence-corrected chi connectivity index (χ3v) is 4.90. The Labute approximate surface area is 195 Å². The van der Waals surface area contributed by atoms with Crippen molar-refractivity contribution in [3.63, 3.8) is 0 Å². The van der Waals surface area contributed by atoms with E-state index >= 15 is 0 Å². The van der Waals surface area contributed by atoms with Gasteiger partial charge in [0.1, 0.15) is 17.6 Å². The Morgan fingerprint density at radius 1 is 1.12 bits per heavy atom. The van der Waals surface area contributed by atoms with Gasteiger partial charge in [0.15, 0.2) is 0 Å². The van der Waals surface area contributed by atoms with Gasteiger partial charge in [-0.05, 0) is 42.8 Å². The Kier molecular flexibility index (Phi) is 8.30. The summed E-state index contributed by atoms with van der Waals surface area (Å²) in [4.78, 5) is 24.5. The lowest BCUT2D eigenvalue weighted by Crippen LogP contribution is -2.47. The third kappa shape index (κ3) is 6.60. The summed E-state index contributed by atoms with van der Waals surface area (Å²) in [6.07, 6.45) is 0.957. The van der Waals surface area contributed by atoms with E-state index in [0.29, 0.717) is 27.1 Å². The fraction of sp³-hybridized carbons (Fsp3) is 0.174. The number of hydrogen-bond donors (Lipinski definition) is 2. The van der Waals surface area contributed by atoms with E-state index in [1.54, 1.807) is 37.3 Å². The third-order valence-electron chi connectivity index (χ3n) is 4.36. The lowest BCUT2D eigenvalue weighted by molar-refractivity contribution is -0.123. The van der Waals surface area contributed by atoms with Gasteiger partial charge >= 0.3 is 6.09 Å². The number of carbonyl (C=O) groups is 2. The molecule has 32 heavy (non-hydrogen) atoms. The number of amides is 2. The summed E-state index contributed by atoms with van der Waals surface area (Å²) >= 11 is 12.1. The minimum atomic E-state index is -0.867. The maximum absolute atomic E-state index is 12.6. The van der Waals surface area contributed by atoms with Crippen molar-refractivity contribution in [1.29, 1.82) is 0 Å². The summed E-state index contributed by atoms with van der Waals surface area (Å²) in [7, 11) is 0. The van der Waals surface area contributed by atoms with Gasteiger partial charge in [-0.15, -0.1) is 0 Å². The van der Waals surface area contributed by atoms with Gasteiger partial charge in [-0.2, -0.15) is 5.10 Å². The van der Waals surface area contributed by atoms with E-state index in [1.807, 2.05) is 30.3 Å². The van der Waals surface area contributed by atoms with Crippen LogP contribution >= 0.6 is 23.2 Å². The molecule has 0 radical (unpaired) electrons. The van der Waals surface area contributed by atoms with Gasteiger partial charge in [-0.1, -0.05) is 53.5 Å². The van der Waals surface area contributed by atoms with Crippen LogP contribution in [0.5, 0.6) is 0 Å². The molecule has 0 aliphatic heterocycles. The molecule has 0 spiro atoms. The zero-order chi connectivity index (χ0) is 22.9. The second kappa shape index (κ2) is 11.4. The molecule has 0 saturated heterocycles. The summed E-state index contributed by atoms with van der Waals surface area (Å²) in [5.74, 6) is 0.445. The van der Waals surface area contributed by atoms with E-state index in [-0.39, 0.29) is 13.0 Å². The van der Waals surface area contributed by atoms with E-state index in [4.69, 9.17) is 32.4 Å². The van der Waals surface area contributed by atoms with Crippen molar-refractivity contribution in [3.05, 3.63) is 82.0 Å². The maximum Gasteiger partial charge on any atom is 0.407 e. The molecule has 3 rings (SSSR count). The molecule has 0 aliphatic carbocycles. The van der Waals surface area contributed by atoms with Crippen LogP contribution in [0.15, 0.2) is 70.2 Å². The first-order chi connectivity index (χ1) is 15.5. The Morgan fingerprint density at radius 3 is 2.62 bits per heavy atom. The molecule has 2 aromatic carbocycles. The molecule has 0 fully saturated rings. The smallest absolute Gasteiger partial charge is 0.407 e. The van der Waals surface area contributed by atoms with Gasteiger partial charge in [-0.3, -0.25) is 4.79 Å². The predicted molar refractivity (Wildman–Crippen MR) is 124 cm³/mol. The quantitative estimate of drug-likeness (QED) is 0.353. The van der Waals surface area contributed by atoms with Gasteiger partial charge in [0.2, 0.25) is 0 Å². The number of hydrogen-bond acceptors (Lipinski definition) is 5. The van der Waals surface area contributed by atoms with Gasteiger partial charge in [0, 0.05) is 17.0 Å². The average molecular weight is 474 g/mol. The van der Waals surface area contributed by atoms with Crippen LogP contribution in [0.25, 0.3) is 11.3 Å². The number of benzene rings is 2. The predicted octanol–water partition coefficient (Wildman–Crippen LogP) is 5.06. The highest BCUT2D eigenvalue weighted by Crippen LogP contribution is 2.31. The number of furan rings is 1. The summed E-state index contributed by atoms with van der Waals surface area (Å²) in [6, 6.07) is 17.0. The highest BCUT2D eigenvalue weighted by Gasteiger charge is 2.21. The van der Waals surface area contributed by atoms with E-state index in [9.17, 15) is 9.59 Å². The number of carbonyl (C=O) groups excluding carboxylic acids is 2. The summed E-state index contributed by atoms with van der Waals surface area (Å²) in [5.41, 5.74) is 3.98. The molecule has 0 unspecified atom stereocenters. The SMILES string of the molecule is CCOC(=O)N[C@H](Cc1ccccc1)C(=O)N/N=C\c1ccc(-c2ccc(Cl)cc2Cl)o1. The zero-order valence-electron chi connectivity index (χ0n) is 17.2. The summed E-state index contributed by atoms with van der Waals surface area (Å²) < 4.78 is 10.6. The van der Waals surface area contributed by atoms with Gasteiger partial charge in [0.05, 0.1) is 17.8 Å². The molecule has 2 N–H and O–H groups in total. The topological polar surface area (TPSA) is 92.9 Å². The lowest BCUT2D eigenvalue weighted by atomic mass is 10.1. The van der Waals surface area contributed by atoms with Crippen molar-refractivity contribution in [1.82, 2.24) is 10.7 Å². The average Bonchev–Trinajstić information content (AvgIpc) is 3.22. The molecule has 1 atom stereocenters. The summed E-state index contributed by atoms with van der Waals surface area (Å²) in [6.45, 7) is 1.88. The number of hydrazone groups is 1. The molecule has 1 heterocycles. The van der Waals surface area contributed by atoms with Crippen LogP contribution in [0.3, 0.4) is 0 Å². The van der Waals surface area contributed by atoms with Crippen LogP contribution in [0, 0.1) is 0 Å². The van der Waals surface area contributed by atoms with Crippen molar-refractivity contribution in [2.24, 2.45) is 5.10 Å². The van der Waals surface area contributed by atoms with Crippen LogP contribution in [-0.2, 0) is 16.0 Å². The van der Waals surface area contributed by atoms with E-state index < -0.39 is 18.0 Å². The number of ether oxygens (including phenoxy) is 1. The second-order valence-corrected chi connectivity index (χ2v) is 7.51. The van der Waals surface area contributed by atoms with E-state index in [1.165, 1.54) is 6.21 Å². The van der Waals surface area contributed by atoms with Crippen LogP contribution < -0.4 is 10.7 Å². The summed E-state index contributed by atoms with van der Waals surface area (Å²) in [5, 5.41) is 7.47. The van der Waals surface area contributed by atoms with Gasteiger partial charge < -0.3 is 14.5 Å². The molecule has 7 nitrogen and oxygen atoms in total. The van der Waals surface area contributed by atoms with E-state index in [0.717, 1.165) is 5.56 Å². The highest BCUT2D eigenvalue weighted by atomic mass is 35.5. The fourth-order valence-corrected chi connectivity index (χ4v) is 3.37. The number of halogens is 2. The Morgan fingerprint density at radius 2 is 1.91 bits per heavy atom. The Bertz CT molecular complexity index is 1100. The standard InChI is InChI=1S/C23H21Cl2N3O4/c1-2-31-23(30)27-20(12-15-6-4-3-5-7-15)22(29)28-26-14-17-9-11-21(32-17)18-10-8-16(24)13-19(18)25/h3-11,13-14,20H,2,12H2,1H3,(H,27,30)(H,28,29)/b26-14-/t20-/m1/s1. The second-order valence-electron chi connectivity index (χ2n) is 6.67. The minimum absolute atomic E-state index is 0.197. The molecule has 0 aliphatic rings. The van der Waals surface area contributed by atoms with Gasteiger partial charge in [-0.25, -0.2) is 10.2 Å². The zero-order valence-corrected chi connectivity index (χ0v) is 18.7. The molecule has 166 valence electrons.